The molecule has 1 atom stereocenters. The van der Waals surface area contributed by atoms with Gasteiger partial charge in [0.05, 0.1) is 0 Å². The van der Waals surface area contributed by atoms with Crippen molar-refractivity contribution in [3.8, 4) is 0 Å². The molecular formula is C13H26N4O3S. The summed E-state index contributed by atoms with van der Waals surface area (Å²) < 4.78 is 28.5. The van der Waals surface area contributed by atoms with Crippen LogP contribution in [0.4, 0.5) is 0 Å². The van der Waals surface area contributed by atoms with Crippen LogP contribution in [0.2, 0.25) is 0 Å². The number of carbonyl (C=O) groups is 1. The number of hydrogen-bond acceptors (Lipinski definition) is 4. The fraction of sp³-hybridized carbons (Fsp3) is 0.923. The Balaban J connectivity index is 2.17. The first kappa shape index (κ1) is 16.7. The van der Waals surface area contributed by atoms with Crippen LogP contribution in [-0.4, -0.2) is 68.7 Å². The Kier molecular flexibility index (Phi) is 5.59. The van der Waals surface area contributed by atoms with Gasteiger partial charge >= 0.3 is 0 Å². The molecule has 1 saturated carbocycles. The Labute approximate surface area is 127 Å². The van der Waals surface area contributed by atoms with Crippen molar-refractivity contribution < 1.29 is 13.2 Å². The van der Waals surface area contributed by atoms with E-state index in [1.165, 1.54) is 22.1 Å². The van der Waals surface area contributed by atoms with Gasteiger partial charge < -0.3 is 10.6 Å². The van der Waals surface area contributed by atoms with Gasteiger partial charge in [0.1, 0.15) is 6.04 Å². The Morgan fingerprint density at radius 2 is 1.95 bits per heavy atom. The van der Waals surface area contributed by atoms with E-state index in [1.54, 1.807) is 7.05 Å². The number of carbonyl (C=O) groups excluding carboxylic acids is 1. The van der Waals surface area contributed by atoms with Crippen LogP contribution in [0.5, 0.6) is 0 Å². The highest BCUT2D eigenvalue weighted by Gasteiger charge is 2.40. The molecule has 1 heterocycles. The topological polar surface area (TPSA) is 81.8 Å². The van der Waals surface area contributed by atoms with Crippen LogP contribution < -0.4 is 10.6 Å². The molecule has 122 valence electrons. The first-order chi connectivity index (χ1) is 9.98. The minimum absolute atomic E-state index is 0.0592. The number of piperazine rings is 1. The maximum Gasteiger partial charge on any atom is 0.282 e. The third-order valence-corrected chi connectivity index (χ3v) is 6.55. The molecule has 1 saturated heterocycles. The fourth-order valence-corrected chi connectivity index (χ4v) is 4.88. The van der Waals surface area contributed by atoms with Crippen molar-refractivity contribution in [1.29, 1.82) is 0 Å². The summed E-state index contributed by atoms with van der Waals surface area (Å²) in [6.45, 7) is 1.26. The summed E-state index contributed by atoms with van der Waals surface area (Å²) in [4.78, 5) is 11.9. The summed E-state index contributed by atoms with van der Waals surface area (Å²) in [6.07, 6.45) is 5.15. The number of rotatable bonds is 4. The van der Waals surface area contributed by atoms with Crippen LogP contribution >= 0.6 is 0 Å². The second kappa shape index (κ2) is 7.04. The summed E-state index contributed by atoms with van der Waals surface area (Å²) in [5.41, 5.74) is 0. The van der Waals surface area contributed by atoms with Crippen molar-refractivity contribution in [1.82, 2.24) is 19.2 Å². The highest BCUT2D eigenvalue weighted by atomic mass is 32.2. The molecule has 2 rings (SSSR count). The van der Waals surface area contributed by atoms with Crippen LogP contribution in [0, 0.1) is 0 Å². The average molecular weight is 318 g/mol. The van der Waals surface area contributed by atoms with Gasteiger partial charge in [0.15, 0.2) is 0 Å². The summed E-state index contributed by atoms with van der Waals surface area (Å²) in [7, 11) is -0.419. The molecule has 0 aromatic carbocycles. The van der Waals surface area contributed by atoms with Gasteiger partial charge in [-0.05, 0) is 12.8 Å². The smallest absolute Gasteiger partial charge is 0.282 e. The molecule has 0 spiro atoms. The molecule has 2 fully saturated rings. The first-order valence-corrected chi connectivity index (χ1v) is 9.05. The summed E-state index contributed by atoms with van der Waals surface area (Å²) in [6, 6.07) is -0.608. The normalized spacial score (nSPS) is 26.0. The third kappa shape index (κ3) is 3.56. The minimum Gasteiger partial charge on any atom is -0.358 e. The van der Waals surface area contributed by atoms with Gasteiger partial charge in [0.25, 0.3) is 10.2 Å². The summed E-state index contributed by atoms with van der Waals surface area (Å²) in [5.74, 6) is -0.261. The molecular weight excluding hydrogens is 292 g/mol. The highest BCUT2D eigenvalue weighted by Crippen LogP contribution is 2.25. The van der Waals surface area contributed by atoms with Crippen LogP contribution in [0.15, 0.2) is 0 Å². The van der Waals surface area contributed by atoms with E-state index < -0.39 is 16.3 Å². The van der Waals surface area contributed by atoms with Crippen molar-refractivity contribution in [3.63, 3.8) is 0 Å². The zero-order valence-electron chi connectivity index (χ0n) is 12.8. The Hall–Kier alpha value is -0.700. The number of amides is 1. The lowest BCUT2D eigenvalue weighted by Gasteiger charge is -2.39. The second-order valence-electron chi connectivity index (χ2n) is 5.76. The molecule has 2 aliphatic rings. The Morgan fingerprint density at radius 1 is 1.29 bits per heavy atom. The molecule has 7 nitrogen and oxygen atoms in total. The molecule has 1 aliphatic heterocycles. The van der Waals surface area contributed by atoms with E-state index in [1.807, 2.05) is 0 Å². The van der Waals surface area contributed by atoms with E-state index in [2.05, 4.69) is 10.6 Å². The first-order valence-electron chi connectivity index (χ1n) is 7.65. The Bertz CT molecular complexity index is 462. The molecule has 8 heteroatoms. The van der Waals surface area contributed by atoms with Crippen molar-refractivity contribution in [2.75, 3.05) is 33.7 Å². The van der Waals surface area contributed by atoms with Gasteiger partial charge in [-0.2, -0.15) is 17.0 Å². The predicted octanol–water partition coefficient (Wildman–Crippen LogP) is -0.484. The largest absolute Gasteiger partial charge is 0.358 e. The van der Waals surface area contributed by atoms with Gasteiger partial charge in [-0.25, -0.2) is 0 Å². The lowest BCUT2D eigenvalue weighted by atomic mass is 9.96. The van der Waals surface area contributed by atoms with Gasteiger partial charge in [-0.3, -0.25) is 4.79 Å². The van der Waals surface area contributed by atoms with E-state index in [-0.39, 0.29) is 11.9 Å². The van der Waals surface area contributed by atoms with Crippen molar-refractivity contribution in [2.24, 2.45) is 0 Å². The maximum absolute atomic E-state index is 12.9. The summed E-state index contributed by atoms with van der Waals surface area (Å²) in [5, 5.41) is 5.64. The zero-order valence-corrected chi connectivity index (χ0v) is 13.7. The molecule has 21 heavy (non-hydrogen) atoms. The molecule has 1 amide bonds. The van der Waals surface area contributed by atoms with Crippen molar-refractivity contribution in [3.05, 3.63) is 0 Å². The van der Waals surface area contributed by atoms with Crippen LogP contribution in [0.3, 0.4) is 0 Å². The molecule has 0 bridgehead atoms. The molecule has 0 aromatic heterocycles. The molecule has 1 unspecified atom stereocenters. The van der Waals surface area contributed by atoms with Crippen molar-refractivity contribution >= 4 is 16.1 Å². The summed E-state index contributed by atoms with van der Waals surface area (Å²) >= 11 is 0. The lowest BCUT2D eigenvalue weighted by molar-refractivity contribution is -0.124. The number of likely N-dealkylation sites (N-methyl/N-ethyl adjacent to an activating group) is 1. The van der Waals surface area contributed by atoms with Crippen LogP contribution in [-0.2, 0) is 15.0 Å². The second-order valence-corrected chi connectivity index (χ2v) is 7.70. The van der Waals surface area contributed by atoms with E-state index in [0.29, 0.717) is 19.6 Å². The number of nitrogens with one attached hydrogen (secondary N) is 2. The molecule has 1 aliphatic carbocycles. The highest BCUT2D eigenvalue weighted by molar-refractivity contribution is 7.86. The van der Waals surface area contributed by atoms with E-state index >= 15 is 0 Å². The molecule has 2 N–H and O–H groups in total. The molecule has 0 radical (unpaired) electrons. The quantitative estimate of drug-likeness (QED) is 0.733. The van der Waals surface area contributed by atoms with Crippen molar-refractivity contribution in [2.45, 2.75) is 44.2 Å². The number of hydrogen-bond donors (Lipinski definition) is 2. The van der Waals surface area contributed by atoms with Gasteiger partial charge in [-0.1, -0.05) is 19.3 Å². The third-order valence-electron chi connectivity index (χ3n) is 4.49. The standard InChI is InChI=1S/C13H26N4O3S/c1-14-13(18)12-10-15-8-9-17(12)21(19,20)16(2)11-6-4-3-5-7-11/h11-12,15H,3-10H2,1-2H3,(H,14,18). The van der Waals surface area contributed by atoms with E-state index in [4.69, 9.17) is 0 Å². The lowest BCUT2D eigenvalue weighted by Crippen LogP contribution is -2.62. The Morgan fingerprint density at radius 3 is 2.57 bits per heavy atom. The van der Waals surface area contributed by atoms with Gasteiger partial charge in [-0.15, -0.1) is 0 Å². The van der Waals surface area contributed by atoms with Crippen LogP contribution in [0.25, 0.3) is 0 Å². The minimum atomic E-state index is -3.60. The molecule has 0 aromatic rings. The van der Waals surface area contributed by atoms with E-state index in [0.717, 1.165) is 25.7 Å². The zero-order chi connectivity index (χ0) is 15.5. The van der Waals surface area contributed by atoms with Gasteiger partial charge in [0, 0.05) is 39.8 Å². The predicted molar refractivity (Wildman–Crippen MR) is 81.0 cm³/mol. The maximum atomic E-state index is 12.9. The fourth-order valence-electron chi connectivity index (χ4n) is 3.15. The monoisotopic (exact) mass is 318 g/mol. The number of nitrogens with zero attached hydrogens (tertiary/aromatic N) is 2. The SMILES string of the molecule is CNC(=O)C1CNCCN1S(=O)(=O)N(C)C1CCCCC1. The van der Waals surface area contributed by atoms with Crippen LogP contribution in [0.1, 0.15) is 32.1 Å². The van der Waals surface area contributed by atoms with E-state index in [9.17, 15) is 13.2 Å². The average Bonchev–Trinajstić information content (AvgIpc) is 2.54. The van der Waals surface area contributed by atoms with Gasteiger partial charge in [0.2, 0.25) is 5.91 Å².